The predicted octanol–water partition coefficient (Wildman–Crippen LogP) is 3.82. The number of aliphatic hydroxyl groups excluding tert-OH is 1. The molecule has 0 saturated heterocycles. The van der Waals surface area contributed by atoms with Crippen molar-refractivity contribution in [3.8, 4) is 0 Å². The fraction of sp³-hybridized carbons (Fsp3) is 0.167. The third kappa shape index (κ3) is 3.42. The highest BCUT2D eigenvalue weighted by Crippen LogP contribution is 2.26. The zero-order valence-electron chi connectivity index (χ0n) is 9.15. The van der Waals surface area contributed by atoms with Gasteiger partial charge in [0.2, 0.25) is 0 Å². The second-order valence-electron chi connectivity index (χ2n) is 3.75. The van der Waals surface area contributed by atoms with Gasteiger partial charge in [0.1, 0.15) is 6.10 Å². The normalized spacial score (nSPS) is 12.4. The third-order valence-electron chi connectivity index (χ3n) is 2.34. The molecule has 0 aliphatic heterocycles. The van der Waals surface area contributed by atoms with E-state index in [9.17, 15) is 5.11 Å². The van der Waals surface area contributed by atoms with Crippen LogP contribution in [0.2, 0.25) is 10.0 Å². The molecule has 94 valence electrons. The summed E-state index contributed by atoms with van der Waals surface area (Å²) in [5.74, 6) is 0. The van der Waals surface area contributed by atoms with Gasteiger partial charge in [0.05, 0.1) is 15.7 Å². The lowest BCUT2D eigenvalue weighted by atomic mass is 10.1. The molecule has 3 nitrogen and oxygen atoms in total. The fourth-order valence-corrected chi connectivity index (χ4v) is 2.48. The number of aliphatic hydroxyl groups is 1. The zero-order valence-corrected chi connectivity index (χ0v) is 12.2. The van der Waals surface area contributed by atoms with Crippen molar-refractivity contribution in [1.82, 2.24) is 9.97 Å². The van der Waals surface area contributed by atoms with E-state index in [2.05, 4.69) is 25.9 Å². The smallest absolute Gasteiger partial charge is 0.102 e. The summed E-state index contributed by atoms with van der Waals surface area (Å²) in [7, 11) is 0. The first-order valence-electron chi connectivity index (χ1n) is 5.14. The summed E-state index contributed by atoms with van der Waals surface area (Å²) in [4.78, 5) is 8.09. The lowest BCUT2D eigenvalue weighted by molar-refractivity contribution is 0.173. The van der Waals surface area contributed by atoms with Crippen molar-refractivity contribution >= 4 is 39.1 Å². The molecular weight excluding hydrogens is 339 g/mol. The number of hydrogen-bond acceptors (Lipinski definition) is 3. The molecule has 0 fully saturated rings. The Morgan fingerprint density at radius 3 is 2.67 bits per heavy atom. The van der Waals surface area contributed by atoms with Crippen LogP contribution in [0.3, 0.4) is 0 Å². The second kappa shape index (κ2) is 5.97. The van der Waals surface area contributed by atoms with E-state index in [0.29, 0.717) is 22.2 Å². The highest BCUT2D eigenvalue weighted by atomic mass is 79.9. The summed E-state index contributed by atoms with van der Waals surface area (Å²) in [6, 6.07) is 3.45. The highest BCUT2D eigenvalue weighted by molar-refractivity contribution is 9.10. The maximum absolute atomic E-state index is 10.1. The minimum absolute atomic E-state index is 0.359. The van der Waals surface area contributed by atoms with Crippen molar-refractivity contribution in [2.75, 3.05) is 0 Å². The van der Waals surface area contributed by atoms with Gasteiger partial charge in [-0.3, -0.25) is 9.97 Å². The average molecular weight is 348 g/mol. The lowest BCUT2D eigenvalue weighted by Crippen LogP contribution is -2.05. The molecule has 6 heteroatoms. The Morgan fingerprint density at radius 1 is 1.22 bits per heavy atom. The summed E-state index contributed by atoms with van der Waals surface area (Å²) < 4.78 is 0.863. The molecule has 0 aromatic carbocycles. The summed E-state index contributed by atoms with van der Waals surface area (Å²) in [6.07, 6.45) is 4.44. The minimum atomic E-state index is -0.786. The van der Waals surface area contributed by atoms with Gasteiger partial charge in [-0.05, 0) is 33.6 Å². The Labute approximate surface area is 123 Å². The number of rotatable bonds is 3. The van der Waals surface area contributed by atoms with Crippen LogP contribution in [0, 0.1) is 0 Å². The molecule has 0 saturated carbocycles. The minimum Gasteiger partial charge on any atom is -0.386 e. The van der Waals surface area contributed by atoms with Gasteiger partial charge in [0.15, 0.2) is 0 Å². The van der Waals surface area contributed by atoms with Gasteiger partial charge in [0, 0.05) is 29.5 Å². The SMILES string of the molecule is OC(Cc1cncc(Br)c1)c1ncc(Cl)cc1Cl. The van der Waals surface area contributed by atoms with Gasteiger partial charge in [-0.25, -0.2) is 0 Å². The molecule has 1 N–H and O–H groups in total. The van der Waals surface area contributed by atoms with Crippen LogP contribution in [0.25, 0.3) is 0 Å². The molecule has 0 aliphatic rings. The van der Waals surface area contributed by atoms with Crippen molar-refractivity contribution in [2.24, 2.45) is 0 Å². The molecule has 1 atom stereocenters. The summed E-state index contributed by atoms with van der Waals surface area (Å²) in [5, 5.41) is 10.9. The first-order valence-corrected chi connectivity index (χ1v) is 6.69. The number of hydrogen-bond donors (Lipinski definition) is 1. The molecule has 0 aliphatic carbocycles. The predicted molar refractivity (Wildman–Crippen MR) is 74.9 cm³/mol. The van der Waals surface area contributed by atoms with E-state index in [1.807, 2.05) is 6.07 Å². The largest absolute Gasteiger partial charge is 0.386 e. The van der Waals surface area contributed by atoms with Gasteiger partial charge in [0.25, 0.3) is 0 Å². The van der Waals surface area contributed by atoms with Gasteiger partial charge >= 0.3 is 0 Å². The Kier molecular flexibility index (Phi) is 4.56. The van der Waals surface area contributed by atoms with Crippen LogP contribution in [-0.4, -0.2) is 15.1 Å². The lowest BCUT2D eigenvalue weighted by Gasteiger charge is -2.11. The quantitative estimate of drug-likeness (QED) is 0.917. The van der Waals surface area contributed by atoms with Crippen LogP contribution in [0.1, 0.15) is 17.4 Å². The van der Waals surface area contributed by atoms with Crippen molar-refractivity contribution < 1.29 is 5.11 Å². The molecule has 1 unspecified atom stereocenters. The van der Waals surface area contributed by atoms with Gasteiger partial charge < -0.3 is 5.11 Å². The fourth-order valence-electron chi connectivity index (χ4n) is 1.56. The highest BCUT2D eigenvalue weighted by Gasteiger charge is 2.14. The molecule has 2 heterocycles. The van der Waals surface area contributed by atoms with Crippen LogP contribution in [0.4, 0.5) is 0 Å². The van der Waals surface area contributed by atoms with Crippen molar-refractivity contribution in [3.63, 3.8) is 0 Å². The van der Waals surface area contributed by atoms with E-state index in [1.165, 1.54) is 6.20 Å². The molecular formula is C12H9BrCl2N2O. The van der Waals surface area contributed by atoms with Crippen LogP contribution < -0.4 is 0 Å². The van der Waals surface area contributed by atoms with E-state index in [0.717, 1.165) is 10.0 Å². The van der Waals surface area contributed by atoms with Crippen molar-refractivity contribution in [2.45, 2.75) is 12.5 Å². The third-order valence-corrected chi connectivity index (χ3v) is 3.29. The molecule has 0 amide bonds. The first kappa shape index (κ1) is 13.7. The van der Waals surface area contributed by atoms with E-state index in [4.69, 9.17) is 23.2 Å². The molecule has 0 radical (unpaired) electrons. The number of nitrogens with zero attached hydrogens (tertiary/aromatic N) is 2. The van der Waals surface area contributed by atoms with Crippen molar-refractivity contribution in [1.29, 1.82) is 0 Å². The van der Waals surface area contributed by atoms with Crippen LogP contribution in [0.5, 0.6) is 0 Å². The van der Waals surface area contributed by atoms with E-state index >= 15 is 0 Å². The van der Waals surface area contributed by atoms with Gasteiger partial charge in [-0.1, -0.05) is 23.2 Å². The molecule has 2 aromatic heterocycles. The first-order chi connectivity index (χ1) is 8.56. The Bertz CT molecular complexity index is 566. The standard InChI is InChI=1S/C12H9BrCl2N2O/c13-8-1-7(4-16-5-8)2-11(18)12-10(15)3-9(14)6-17-12/h1,3-6,11,18H,2H2. The molecule has 0 bridgehead atoms. The molecule has 2 aromatic rings. The number of aromatic nitrogens is 2. The molecule has 0 spiro atoms. The Hall–Kier alpha value is -0.680. The summed E-state index contributed by atoms with van der Waals surface area (Å²) in [6.45, 7) is 0. The van der Waals surface area contributed by atoms with Crippen LogP contribution in [-0.2, 0) is 6.42 Å². The van der Waals surface area contributed by atoms with E-state index in [1.54, 1.807) is 18.5 Å². The average Bonchev–Trinajstić information content (AvgIpc) is 2.28. The monoisotopic (exact) mass is 346 g/mol. The van der Waals surface area contributed by atoms with Gasteiger partial charge in [-0.15, -0.1) is 0 Å². The topological polar surface area (TPSA) is 46.0 Å². The molecule has 2 rings (SSSR count). The van der Waals surface area contributed by atoms with E-state index < -0.39 is 6.10 Å². The zero-order chi connectivity index (χ0) is 13.1. The van der Waals surface area contributed by atoms with Gasteiger partial charge in [-0.2, -0.15) is 0 Å². The maximum atomic E-state index is 10.1. The summed E-state index contributed by atoms with van der Waals surface area (Å²) in [5.41, 5.74) is 1.31. The Balaban J connectivity index is 2.19. The van der Waals surface area contributed by atoms with Crippen molar-refractivity contribution in [3.05, 3.63) is 56.5 Å². The maximum Gasteiger partial charge on any atom is 0.102 e. The molecule has 18 heavy (non-hydrogen) atoms. The van der Waals surface area contributed by atoms with Crippen LogP contribution in [0.15, 0.2) is 35.2 Å². The number of halogens is 3. The second-order valence-corrected chi connectivity index (χ2v) is 5.51. The number of pyridine rings is 2. The van der Waals surface area contributed by atoms with E-state index in [-0.39, 0.29) is 0 Å². The van der Waals surface area contributed by atoms with Crippen LogP contribution >= 0.6 is 39.1 Å². The Morgan fingerprint density at radius 2 is 2.00 bits per heavy atom. The summed E-state index contributed by atoms with van der Waals surface area (Å²) >= 11 is 15.1.